The van der Waals surface area contributed by atoms with Crippen molar-refractivity contribution >= 4 is 29.1 Å². The molecule has 2 aromatic rings. The van der Waals surface area contributed by atoms with Crippen LogP contribution in [0.3, 0.4) is 0 Å². The standard InChI is InChI=1S/C21H25ClN2O3/c1-15-19(22)8-5-9-20(15)23-21(26)11-13-24(16(2)25)12-10-17-6-4-7-18(14-17)27-3/h4-9,14H,10-13H2,1-3H3,(H,23,26). The molecule has 0 aliphatic carbocycles. The second kappa shape index (κ2) is 9.97. The molecule has 6 heteroatoms. The summed E-state index contributed by atoms with van der Waals surface area (Å²) >= 11 is 6.07. The molecule has 0 bridgehead atoms. The molecule has 0 radical (unpaired) electrons. The summed E-state index contributed by atoms with van der Waals surface area (Å²) in [5.41, 5.74) is 2.60. The van der Waals surface area contributed by atoms with Crippen LogP contribution in [0.25, 0.3) is 0 Å². The van der Waals surface area contributed by atoms with Gasteiger partial charge in [0.1, 0.15) is 5.75 Å². The van der Waals surface area contributed by atoms with Crippen molar-refractivity contribution < 1.29 is 14.3 Å². The van der Waals surface area contributed by atoms with E-state index in [0.717, 1.165) is 16.9 Å². The molecule has 0 aromatic heterocycles. The van der Waals surface area contributed by atoms with Gasteiger partial charge >= 0.3 is 0 Å². The molecule has 144 valence electrons. The predicted molar refractivity (Wildman–Crippen MR) is 108 cm³/mol. The van der Waals surface area contributed by atoms with E-state index in [2.05, 4.69) is 5.32 Å². The van der Waals surface area contributed by atoms with Gasteiger partial charge in [0.2, 0.25) is 11.8 Å². The Balaban J connectivity index is 1.89. The minimum atomic E-state index is -0.145. The number of nitrogens with one attached hydrogen (secondary N) is 1. The molecule has 5 nitrogen and oxygen atoms in total. The number of halogens is 1. The number of carbonyl (C=O) groups excluding carboxylic acids is 2. The van der Waals surface area contributed by atoms with Gasteiger partial charge in [0, 0.05) is 37.1 Å². The predicted octanol–water partition coefficient (Wildman–Crippen LogP) is 4.08. The molecule has 0 atom stereocenters. The number of hydrogen-bond acceptors (Lipinski definition) is 3. The van der Waals surface area contributed by atoms with Crippen LogP contribution in [0.2, 0.25) is 5.02 Å². The van der Waals surface area contributed by atoms with Crippen LogP contribution >= 0.6 is 11.6 Å². The molecule has 0 saturated heterocycles. The van der Waals surface area contributed by atoms with Gasteiger partial charge in [-0.25, -0.2) is 0 Å². The van der Waals surface area contributed by atoms with Crippen molar-refractivity contribution in [3.05, 3.63) is 58.6 Å². The Morgan fingerprint density at radius 3 is 2.59 bits per heavy atom. The lowest BCUT2D eigenvalue weighted by Crippen LogP contribution is -2.33. The van der Waals surface area contributed by atoms with Crippen molar-refractivity contribution in [3.8, 4) is 5.75 Å². The largest absolute Gasteiger partial charge is 0.497 e. The molecular formula is C21H25ClN2O3. The van der Waals surface area contributed by atoms with Gasteiger partial charge in [-0.15, -0.1) is 0 Å². The van der Waals surface area contributed by atoms with E-state index in [-0.39, 0.29) is 18.2 Å². The first-order valence-electron chi connectivity index (χ1n) is 8.84. The summed E-state index contributed by atoms with van der Waals surface area (Å²) in [5.74, 6) is 0.593. The SMILES string of the molecule is COc1cccc(CCN(CCC(=O)Nc2cccc(Cl)c2C)C(C)=O)c1. The van der Waals surface area contributed by atoms with E-state index in [0.29, 0.717) is 30.2 Å². The summed E-state index contributed by atoms with van der Waals surface area (Å²) in [5, 5.41) is 3.46. The van der Waals surface area contributed by atoms with E-state index in [1.165, 1.54) is 6.92 Å². The summed E-state index contributed by atoms with van der Waals surface area (Å²) in [4.78, 5) is 25.8. The Morgan fingerprint density at radius 2 is 1.89 bits per heavy atom. The van der Waals surface area contributed by atoms with Crippen molar-refractivity contribution in [1.82, 2.24) is 4.90 Å². The summed E-state index contributed by atoms with van der Waals surface area (Å²) in [7, 11) is 1.63. The monoisotopic (exact) mass is 388 g/mol. The van der Waals surface area contributed by atoms with Crippen LogP contribution in [0.15, 0.2) is 42.5 Å². The first kappa shape index (κ1) is 20.8. The number of amides is 2. The van der Waals surface area contributed by atoms with Crippen molar-refractivity contribution in [2.24, 2.45) is 0 Å². The average molecular weight is 389 g/mol. The first-order valence-corrected chi connectivity index (χ1v) is 9.22. The zero-order valence-corrected chi connectivity index (χ0v) is 16.7. The maximum absolute atomic E-state index is 12.3. The number of hydrogen-bond donors (Lipinski definition) is 1. The van der Waals surface area contributed by atoms with Crippen LogP contribution in [-0.2, 0) is 16.0 Å². The van der Waals surface area contributed by atoms with Gasteiger partial charge in [-0.05, 0) is 48.7 Å². The number of rotatable bonds is 8. The van der Waals surface area contributed by atoms with Crippen LogP contribution in [0, 0.1) is 6.92 Å². The van der Waals surface area contributed by atoms with Crippen LogP contribution in [0.4, 0.5) is 5.69 Å². The third-order valence-electron chi connectivity index (χ3n) is 4.40. The second-order valence-electron chi connectivity index (χ2n) is 6.32. The fraction of sp³-hybridized carbons (Fsp3) is 0.333. The number of nitrogens with zero attached hydrogens (tertiary/aromatic N) is 1. The zero-order valence-electron chi connectivity index (χ0n) is 15.9. The minimum absolute atomic E-state index is 0.0513. The highest BCUT2D eigenvalue weighted by Gasteiger charge is 2.13. The van der Waals surface area contributed by atoms with Gasteiger partial charge < -0.3 is 15.0 Å². The lowest BCUT2D eigenvalue weighted by atomic mass is 10.1. The number of benzene rings is 2. The van der Waals surface area contributed by atoms with E-state index in [9.17, 15) is 9.59 Å². The van der Waals surface area contributed by atoms with Crippen molar-refractivity contribution in [2.75, 3.05) is 25.5 Å². The molecule has 2 rings (SSSR count). The highest BCUT2D eigenvalue weighted by Crippen LogP contribution is 2.23. The number of methoxy groups -OCH3 is 1. The van der Waals surface area contributed by atoms with Gasteiger partial charge in [-0.1, -0.05) is 29.8 Å². The molecule has 0 unspecified atom stereocenters. The average Bonchev–Trinajstić information content (AvgIpc) is 2.65. The molecule has 0 spiro atoms. The minimum Gasteiger partial charge on any atom is -0.497 e. The Morgan fingerprint density at radius 1 is 1.15 bits per heavy atom. The Bertz CT molecular complexity index is 808. The van der Waals surface area contributed by atoms with Crippen LogP contribution in [0.1, 0.15) is 24.5 Å². The highest BCUT2D eigenvalue weighted by molar-refractivity contribution is 6.31. The van der Waals surface area contributed by atoms with Crippen molar-refractivity contribution in [2.45, 2.75) is 26.7 Å². The normalized spacial score (nSPS) is 10.4. The van der Waals surface area contributed by atoms with Gasteiger partial charge in [0.25, 0.3) is 0 Å². The number of anilines is 1. The Labute approximate surface area is 165 Å². The summed E-state index contributed by atoms with van der Waals surface area (Å²) in [6, 6.07) is 13.1. The van der Waals surface area contributed by atoms with E-state index in [1.807, 2.05) is 37.3 Å². The van der Waals surface area contributed by atoms with Gasteiger partial charge in [-0.3, -0.25) is 9.59 Å². The van der Waals surface area contributed by atoms with Crippen LogP contribution in [0.5, 0.6) is 5.75 Å². The van der Waals surface area contributed by atoms with E-state index >= 15 is 0 Å². The Kier molecular flexibility index (Phi) is 7.67. The van der Waals surface area contributed by atoms with E-state index in [1.54, 1.807) is 24.1 Å². The van der Waals surface area contributed by atoms with Crippen molar-refractivity contribution in [1.29, 1.82) is 0 Å². The van der Waals surface area contributed by atoms with Gasteiger partial charge in [-0.2, -0.15) is 0 Å². The van der Waals surface area contributed by atoms with Gasteiger partial charge in [0.15, 0.2) is 0 Å². The second-order valence-corrected chi connectivity index (χ2v) is 6.73. The first-order chi connectivity index (χ1) is 12.9. The molecule has 27 heavy (non-hydrogen) atoms. The van der Waals surface area contributed by atoms with Gasteiger partial charge in [0.05, 0.1) is 7.11 Å². The molecular weight excluding hydrogens is 364 g/mol. The summed E-state index contributed by atoms with van der Waals surface area (Å²) < 4.78 is 5.22. The summed E-state index contributed by atoms with van der Waals surface area (Å²) in [6.45, 7) is 4.29. The third-order valence-corrected chi connectivity index (χ3v) is 4.81. The van der Waals surface area contributed by atoms with E-state index in [4.69, 9.17) is 16.3 Å². The molecule has 0 saturated carbocycles. The number of ether oxygens (including phenoxy) is 1. The molecule has 2 amide bonds. The van der Waals surface area contributed by atoms with Crippen molar-refractivity contribution in [3.63, 3.8) is 0 Å². The quantitative estimate of drug-likeness (QED) is 0.741. The molecule has 0 heterocycles. The third kappa shape index (κ3) is 6.29. The smallest absolute Gasteiger partial charge is 0.226 e. The van der Waals surface area contributed by atoms with Crippen LogP contribution < -0.4 is 10.1 Å². The molecule has 0 fully saturated rings. The lowest BCUT2D eigenvalue weighted by Gasteiger charge is -2.21. The fourth-order valence-corrected chi connectivity index (χ4v) is 2.89. The molecule has 0 aliphatic rings. The Hall–Kier alpha value is -2.53. The highest BCUT2D eigenvalue weighted by atomic mass is 35.5. The van der Waals surface area contributed by atoms with Crippen LogP contribution in [-0.4, -0.2) is 36.9 Å². The zero-order chi connectivity index (χ0) is 19.8. The molecule has 0 aliphatic heterocycles. The fourth-order valence-electron chi connectivity index (χ4n) is 2.71. The lowest BCUT2D eigenvalue weighted by molar-refractivity contribution is -0.129. The summed E-state index contributed by atoms with van der Waals surface area (Å²) in [6.07, 6.45) is 0.926. The molecule has 2 aromatic carbocycles. The maximum Gasteiger partial charge on any atom is 0.226 e. The maximum atomic E-state index is 12.3. The molecule has 1 N–H and O–H groups in total. The number of carbonyl (C=O) groups is 2. The van der Waals surface area contributed by atoms with E-state index < -0.39 is 0 Å². The topological polar surface area (TPSA) is 58.6 Å².